The standard InChI is InChI=1S/C7H7N5O3/c1-12-4(8)3(2-9-12)6-10-5(7(13)14)11-15-6/h2H,8H2,1H3,(H,13,14). The van der Waals surface area contributed by atoms with Gasteiger partial charge in [0.1, 0.15) is 11.4 Å². The molecule has 0 amide bonds. The number of rotatable bonds is 2. The molecular weight excluding hydrogens is 202 g/mol. The molecule has 2 aromatic heterocycles. The average Bonchev–Trinajstić information content (AvgIpc) is 2.76. The zero-order chi connectivity index (χ0) is 11.0. The molecule has 2 heterocycles. The van der Waals surface area contributed by atoms with Gasteiger partial charge in [-0.2, -0.15) is 10.1 Å². The number of nitrogen functional groups attached to an aromatic ring is 1. The van der Waals surface area contributed by atoms with Gasteiger partial charge in [0.25, 0.3) is 11.7 Å². The number of hydrogen-bond donors (Lipinski definition) is 2. The van der Waals surface area contributed by atoms with E-state index in [-0.39, 0.29) is 5.89 Å². The summed E-state index contributed by atoms with van der Waals surface area (Å²) in [5, 5.41) is 15.7. The molecule has 2 aromatic rings. The van der Waals surface area contributed by atoms with Gasteiger partial charge in [-0.15, -0.1) is 0 Å². The van der Waals surface area contributed by atoms with Crippen LogP contribution in [0.5, 0.6) is 0 Å². The van der Waals surface area contributed by atoms with Crippen LogP contribution in [-0.2, 0) is 7.05 Å². The van der Waals surface area contributed by atoms with Crippen molar-refractivity contribution in [2.75, 3.05) is 5.73 Å². The molecule has 2 rings (SSSR count). The van der Waals surface area contributed by atoms with Gasteiger partial charge in [-0.05, 0) is 5.16 Å². The molecule has 0 saturated heterocycles. The molecule has 8 heteroatoms. The fourth-order valence-electron chi connectivity index (χ4n) is 1.03. The quantitative estimate of drug-likeness (QED) is 0.699. The Balaban J connectivity index is 2.46. The van der Waals surface area contributed by atoms with Crippen LogP contribution >= 0.6 is 0 Å². The minimum absolute atomic E-state index is 0.0398. The largest absolute Gasteiger partial charge is 0.475 e. The van der Waals surface area contributed by atoms with Gasteiger partial charge in [-0.1, -0.05) is 0 Å². The lowest BCUT2D eigenvalue weighted by atomic mass is 10.3. The maximum atomic E-state index is 10.5. The van der Waals surface area contributed by atoms with Crippen LogP contribution in [0.2, 0.25) is 0 Å². The van der Waals surface area contributed by atoms with Crippen LogP contribution in [0.25, 0.3) is 11.5 Å². The highest BCUT2D eigenvalue weighted by Gasteiger charge is 2.17. The smallest absolute Gasteiger partial charge is 0.377 e. The van der Waals surface area contributed by atoms with Crippen LogP contribution < -0.4 is 5.73 Å². The predicted molar refractivity (Wildman–Crippen MR) is 47.9 cm³/mol. The molecule has 0 radical (unpaired) electrons. The Morgan fingerprint density at radius 2 is 2.40 bits per heavy atom. The number of nitrogens with two attached hydrogens (primary N) is 1. The van der Waals surface area contributed by atoms with E-state index in [4.69, 9.17) is 15.4 Å². The second-order valence-electron chi connectivity index (χ2n) is 2.80. The lowest BCUT2D eigenvalue weighted by molar-refractivity contribution is 0.0680. The van der Waals surface area contributed by atoms with Gasteiger partial charge in [-0.25, -0.2) is 4.79 Å². The van der Waals surface area contributed by atoms with E-state index in [0.29, 0.717) is 11.4 Å². The third-order valence-electron chi connectivity index (χ3n) is 1.83. The molecule has 0 saturated carbocycles. The number of hydrogen-bond acceptors (Lipinski definition) is 6. The molecule has 0 aliphatic carbocycles. The average molecular weight is 209 g/mol. The molecule has 8 nitrogen and oxygen atoms in total. The number of carbonyl (C=O) groups is 1. The number of aryl methyl sites for hydroxylation is 1. The SMILES string of the molecule is Cn1ncc(-c2nc(C(=O)O)no2)c1N. The van der Waals surface area contributed by atoms with E-state index >= 15 is 0 Å². The minimum Gasteiger partial charge on any atom is -0.475 e. The highest BCUT2D eigenvalue weighted by Crippen LogP contribution is 2.22. The van der Waals surface area contributed by atoms with E-state index < -0.39 is 11.8 Å². The maximum Gasteiger partial charge on any atom is 0.377 e. The first-order chi connectivity index (χ1) is 7.09. The number of nitrogens with zero attached hydrogens (tertiary/aromatic N) is 4. The summed E-state index contributed by atoms with van der Waals surface area (Å²) >= 11 is 0. The Hall–Kier alpha value is -2.38. The van der Waals surface area contributed by atoms with Crippen molar-refractivity contribution < 1.29 is 14.4 Å². The Morgan fingerprint density at radius 3 is 2.87 bits per heavy atom. The molecule has 0 aliphatic heterocycles. The predicted octanol–water partition coefficient (Wildman–Crippen LogP) is -0.249. The van der Waals surface area contributed by atoms with Crippen LogP contribution in [0.4, 0.5) is 5.82 Å². The van der Waals surface area contributed by atoms with Gasteiger partial charge in [0, 0.05) is 7.05 Å². The first-order valence-corrected chi connectivity index (χ1v) is 3.94. The Bertz CT molecular complexity index is 514. The highest BCUT2D eigenvalue weighted by atomic mass is 16.5. The summed E-state index contributed by atoms with van der Waals surface area (Å²) in [6.45, 7) is 0. The highest BCUT2D eigenvalue weighted by molar-refractivity contribution is 5.83. The molecule has 15 heavy (non-hydrogen) atoms. The van der Waals surface area contributed by atoms with Crippen molar-refractivity contribution in [2.24, 2.45) is 7.05 Å². The lowest BCUT2D eigenvalue weighted by Gasteiger charge is -1.93. The van der Waals surface area contributed by atoms with E-state index in [1.54, 1.807) is 7.05 Å². The van der Waals surface area contributed by atoms with E-state index in [0.717, 1.165) is 0 Å². The maximum absolute atomic E-state index is 10.5. The molecular formula is C7H7N5O3. The Kier molecular flexibility index (Phi) is 1.89. The number of carboxylic acids is 1. The van der Waals surface area contributed by atoms with Crippen LogP contribution in [-0.4, -0.2) is 31.0 Å². The van der Waals surface area contributed by atoms with E-state index in [2.05, 4.69) is 15.2 Å². The molecule has 0 fully saturated rings. The summed E-state index contributed by atoms with van der Waals surface area (Å²) in [6.07, 6.45) is 1.43. The molecule has 0 bridgehead atoms. The third kappa shape index (κ3) is 1.41. The van der Waals surface area contributed by atoms with E-state index in [1.807, 2.05) is 0 Å². The van der Waals surface area contributed by atoms with Crippen LogP contribution in [0.15, 0.2) is 10.7 Å². The number of carboxylic acid groups (broad SMARTS) is 1. The summed E-state index contributed by atoms with van der Waals surface area (Å²) in [6, 6.07) is 0. The van der Waals surface area contributed by atoms with Crippen LogP contribution in [0.3, 0.4) is 0 Å². The monoisotopic (exact) mass is 209 g/mol. The second kappa shape index (κ2) is 3.08. The summed E-state index contributed by atoms with van der Waals surface area (Å²) in [5.74, 6) is -1.30. The lowest BCUT2D eigenvalue weighted by Crippen LogP contribution is -1.99. The summed E-state index contributed by atoms with van der Waals surface area (Å²) < 4.78 is 6.15. The fraction of sp³-hybridized carbons (Fsp3) is 0.143. The third-order valence-corrected chi connectivity index (χ3v) is 1.83. The van der Waals surface area contributed by atoms with Crippen molar-refractivity contribution in [3.8, 4) is 11.5 Å². The summed E-state index contributed by atoms with van der Waals surface area (Å²) in [4.78, 5) is 14.1. The van der Waals surface area contributed by atoms with Crippen molar-refractivity contribution in [1.82, 2.24) is 19.9 Å². The van der Waals surface area contributed by atoms with Crippen LogP contribution in [0, 0.1) is 0 Å². The van der Waals surface area contributed by atoms with Crippen molar-refractivity contribution >= 4 is 11.8 Å². The van der Waals surface area contributed by atoms with Gasteiger partial charge in [0.05, 0.1) is 6.20 Å². The zero-order valence-electron chi connectivity index (χ0n) is 7.71. The minimum atomic E-state index is -1.26. The second-order valence-corrected chi connectivity index (χ2v) is 2.80. The number of aromatic nitrogens is 4. The van der Waals surface area contributed by atoms with Crippen LogP contribution in [0.1, 0.15) is 10.6 Å². The normalized spacial score (nSPS) is 10.5. The first-order valence-electron chi connectivity index (χ1n) is 3.94. The van der Waals surface area contributed by atoms with Gasteiger partial charge < -0.3 is 15.4 Å². The summed E-state index contributed by atoms with van der Waals surface area (Å²) in [7, 11) is 1.65. The van der Waals surface area contributed by atoms with Gasteiger partial charge in [-0.3, -0.25) is 4.68 Å². The van der Waals surface area contributed by atoms with Crippen molar-refractivity contribution in [3.63, 3.8) is 0 Å². The number of aromatic carboxylic acids is 1. The van der Waals surface area contributed by atoms with Gasteiger partial charge in [0.2, 0.25) is 0 Å². The topological polar surface area (TPSA) is 120 Å². The molecule has 0 aromatic carbocycles. The van der Waals surface area contributed by atoms with Gasteiger partial charge >= 0.3 is 5.97 Å². The molecule has 0 spiro atoms. The van der Waals surface area contributed by atoms with Crippen molar-refractivity contribution in [1.29, 1.82) is 0 Å². The zero-order valence-corrected chi connectivity index (χ0v) is 7.71. The van der Waals surface area contributed by atoms with Gasteiger partial charge in [0.15, 0.2) is 0 Å². The van der Waals surface area contributed by atoms with Crippen molar-refractivity contribution in [3.05, 3.63) is 12.0 Å². The molecule has 0 unspecified atom stereocenters. The number of anilines is 1. The molecule has 0 aliphatic rings. The first kappa shape index (κ1) is 9.19. The Morgan fingerprint density at radius 1 is 1.67 bits per heavy atom. The Labute approximate surface area is 83.3 Å². The molecule has 0 atom stereocenters. The van der Waals surface area contributed by atoms with E-state index in [1.165, 1.54) is 10.9 Å². The molecule has 3 N–H and O–H groups in total. The van der Waals surface area contributed by atoms with E-state index in [9.17, 15) is 4.79 Å². The van der Waals surface area contributed by atoms with Crippen molar-refractivity contribution in [2.45, 2.75) is 0 Å². The fourth-order valence-corrected chi connectivity index (χ4v) is 1.03. The molecule has 78 valence electrons. The summed E-state index contributed by atoms with van der Waals surface area (Å²) in [5.41, 5.74) is 6.06.